The summed E-state index contributed by atoms with van der Waals surface area (Å²) < 4.78 is 26.6. The molecule has 1 heterocycles. The average Bonchev–Trinajstić information content (AvgIpc) is 2.46. The zero-order valence-electron chi connectivity index (χ0n) is 11.7. The van der Waals surface area contributed by atoms with Crippen LogP contribution in [0.1, 0.15) is 12.5 Å². The molecule has 0 saturated carbocycles. The van der Waals surface area contributed by atoms with Crippen LogP contribution in [0, 0.1) is 10.1 Å². The number of hydrogen-bond donors (Lipinski definition) is 1. The molecular formula is C12H10Cl2N4O4S. The van der Waals surface area contributed by atoms with Gasteiger partial charge in [0, 0.05) is 17.7 Å². The van der Waals surface area contributed by atoms with Crippen LogP contribution >= 0.6 is 23.2 Å². The monoisotopic (exact) mass is 376 g/mol. The third-order valence-electron chi connectivity index (χ3n) is 2.82. The van der Waals surface area contributed by atoms with E-state index in [1.165, 1.54) is 18.2 Å². The summed E-state index contributed by atoms with van der Waals surface area (Å²) in [7, 11) is -4.12. The van der Waals surface area contributed by atoms with E-state index in [9.17, 15) is 18.5 Å². The number of benzene rings is 1. The number of aromatic nitrogens is 2. The molecule has 11 heteroatoms. The van der Waals surface area contributed by atoms with Gasteiger partial charge < -0.3 is 0 Å². The molecule has 2 aromatic rings. The summed E-state index contributed by atoms with van der Waals surface area (Å²) in [5.74, 6) is -0.316. The van der Waals surface area contributed by atoms with Gasteiger partial charge in [0.2, 0.25) is 5.95 Å². The highest BCUT2D eigenvalue weighted by molar-refractivity contribution is 7.92. The van der Waals surface area contributed by atoms with Gasteiger partial charge in [-0.05, 0) is 12.5 Å². The lowest BCUT2D eigenvalue weighted by molar-refractivity contribution is -0.385. The number of nitro benzene ring substituents is 1. The molecule has 0 aliphatic heterocycles. The van der Waals surface area contributed by atoms with Crippen molar-refractivity contribution in [2.45, 2.75) is 18.2 Å². The molecule has 1 N–H and O–H groups in total. The Morgan fingerprint density at radius 1 is 1.26 bits per heavy atom. The van der Waals surface area contributed by atoms with Crippen LogP contribution in [0.4, 0.5) is 11.6 Å². The molecule has 0 amide bonds. The van der Waals surface area contributed by atoms with E-state index in [1.807, 2.05) is 0 Å². The van der Waals surface area contributed by atoms with Crippen molar-refractivity contribution in [3.63, 3.8) is 0 Å². The number of nitro groups is 1. The average molecular weight is 377 g/mol. The van der Waals surface area contributed by atoms with Gasteiger partial charge in [-0.25, -0.2) is 13.1 Å². The lowest BCUT2D eigenvalue weighted by Gasteiger charge is -2.09. The van der Waals surface area contributed by atoms with Crippen molar-refractivity contribution >= 4 is 44.9 Å². The van der Waals surface area contributed by atoms with Gasteiger partial charge in [-0.1, -0.05) is 36.2 Å². The first-order chi connectivity index (χ1) is 10.7. The number of nitrogens with one attached hydrogen (secondary N) is 1. The molecule has 0 bridgehead atoms. The van der Waals surface area contributed by atoms with E-state index >= 15 is 0 Å². The summed E-state index contributed by atoms with van der Waals surface area (Å²) in [6, 6.07) is 4.57. The number of anilines is 1. The summed E-state index contributed by atoms with van der Waals surface area (Å²) in [4.78, 5) is 17.4. The van der Waals surface area contributed by atoms with Crippen LogP contribution in [0.25, 0.3) is 0 Å². The van der Waals surface area contributed by atoms with Gasteiger partial charge in [-0.15, -0.1) is 0 Å². The summed E-state index contributed by atoms with van der Waals surface area (Å²) in [6.07, 6.45) is 0.482. The van der Waals surface area contributed by atoms with Gasteiger partial charge in [0.05, 0.1) is 9.82 Å². The zero-order valence-corrected chi connectivity index (χ0v) is 14.0. The fourth-order valence-corrected chi connectivity index (χ4v) is 3.35. The Morgan fingerprint density at radius 2 is 1.87 bits per heavy atom. The Balaban J connectivity index is 2.39. The second kappa shape index (κ2) is 6.65. The molecule has 8 nitrogen and oxygen atoms in total. The Bertz CT molecular complexity index is 850. The van der Waals surface area contributed by atoms with E-state index in [4.69, 9.17) is 23.2 Å². The standard InChI is InChI=1S/C12H10Cl2N4O4S/c1-2-9-10(13)15-12(16-11(9)14)17-23(21,22)8-5-3-4-7(6-8)18(19)20/h3-6H,2H2,1H3,(H,15,16,17). The molecule has 0 saturated heterocycles. The SMILES string of the molecule is CCc1c(Cl)nc(NS(=O)(=O)c2cccc([N+](=O)[O-])c2)nc1Cl. The lowest BCUT2D eigenvalue weighted by Crippen LogP contribution is -2.16. The van der Waals surface area contributed by atoms with Crippen molar-refractivity contribution in [3.05, 3.63) is 50.2 Å². The maximum Gasteiger partial charge on any atom is 0.270 e. The van der Waals surface area contributed by atoms with Crippen molar-refractivity contribution in [2.75, 3.05) is 4.72 Å². The Hall–Kier alpha value is -1.97. The van der Waals surface area contributed by atoms with Crippen LogP contribution in [0.2, 0.25) is 10.3 Å². The zero-order chi connectivity index (χ0) is 17.2. The van der Waals surface area contributed by atoms with Crippen LogP contribution in [0.3, 0.4) is 0 Å². The molecule has 1 aromatic carbocycles. The molecule has 0 spiro atoms. The van der Waals surface area contributed by atoms with Crippen molar-refractivity contribution in [1.29, 1.82) is 0 Å². The smallest absolute Gasteiger partial charge is 0.258 e. The van der Waals surface area contributed by atoms with Crippen molar-refractivity contribution in [3.8, 4) is 0 Å². The quantitative estimate of drug-likeness (QED) is 0.486. The number of halogens is 2. The summed E-state index contributed by atoms with van der Waals surface area (Å²) in [6.45, 7) is 1.80. The molecule has 1 aromatic heterocycles. The van der Waals surface area contributed by atoms with Crippen molar-refractivity contribution in [1.82, 2.24) is 9.97 Å². The van der Waals surface area contributed by atoms with Gasteiger partial charge in [-0.3, -0.25) is 10.1 Å². The maximum atomic E-state index is 12.3. The highest BCUT2D eigenvalue weighted by atomic mass is 35.5. The number of hydrogen-bond acceptors (Lipinski definition) is 6. The minimum Gasteiger partial charge on any atom is -0.258 e. The summed E-state index contributed by atoms with van der Waals surface area (Å²) in [5.41, 5.74) is 0.137. The fraction of sp³-hybridized carbons (Fsp3) is 0.167. The van der Waals surface area contributed by atoms with Crippen LogP contribution < -0.4 is 4.72 Å². The van der Waals surface area contributed by atoms with Gasteiger partial charge in [0.15, 0.2) is 0 Å². The molecule has 0 aliphatic rings. The van der Waals surface area contributed by atoms with Crippen molar-refractivity contribution in [2.24, 2.45) is 0 Å². The first-order valence-corrected chi connectivity index (χ1v) is 8.47. The lowest BCUT2D eigenvalue weighted by atomic mass is 10.3. The van der Waals surface area contributed by atoms with E-state index in [-0.39, 0.29) is 26.8 Å². The first-order valence-electron chi connectivity index (χ1n) is 6.23. The number of non-ortho nitro benzene ring substituents is 1. The summed E-state index contributed by atoms with van der Waals surface area (Å²) >= 11 is 11.8. The molecular weight excluding hydrogens is 367 g/mol. The normalized spacial score (nSPS) is 11.3. The topological polar surface area (TPSA) is 115 Å². The Kier molecular flexibility index (Phi) is 5.03. The highest BCUT2D eigenvalue weighted by Crippen LogP contribution is 2.25. The molecule has 0 unspecified atom stereocenters. The van der Waals surface area contributed by atoms with Crippen LogP contribution in [-0.2, 0) is 16.4 Å². The first kappa shape index (κ1) is 17.4. The van der Waals surface area contributed by atoms with Crippen LogP contribution in [0.5, 0.6) is 0 Å². The van der Waals surface area contributed by atoms with Gasteiger partial charge in [-0.2, -0.15) is 9.97 Å². The molecule has 0 atom stereocenters. The molecule has 23 heavy (non-hydrogen) atoms. The van der Waals surface area contributed by atoms with E-state index in [1.54, 1.807) is 6.92 Å². The summed E-state index contributed by atoms with van der Waals surface area (Å²) in [5, 5.41) is 10.8. The minimum absolute atomic E-state index is 0.0317. The Morgan fingerprint density at radius 3 is 2.39 bits per heavy atom. The van der Waals surface area contributed by atoms with Crippen LogP contribution in [0.15, 0.2) is 29.2 Å². The number of sulfonamides is 1. The van der Waals surface area contributed by atoms with E-state index in [2.05, 4.69) is 14.7 Å². The number of rotatable bonds is 5. The third kappa shape index (κ3) is 3.87. The molecule has 122 valence electrons. The molecule has 2 rings (SSSR count). The second-order valence-electron chi connectivity index (χ2n) is 4.32. The predicted octanol–water partition coefficient (Wildman–Crippen LogP) is 3.05. The largest absolute Gasteiger partial charge is 0.270 e. The minimum atomic E-state index is -4.12. The third-order valence-corrected chi connectivity index (χ3v) is 4.78. The fourth-order valence-electron chi connectivity index (χ4n) is 1.71. The maximum absolute atomic E-state index is 12.3. The van der Waals surface area contributed by atoms with Crippen LogP contribution in [-0.4, -0.2) is 23.3 Å². The van der Waals surface area contributed by atoms with Gasteiger partial charge >= 0.3 is 0 Å². The van der Waals surface area contributed by atoms with Gasteiger partial charge in [0.1, 0.15) is 10.3 Å². The number of nitrogens with zero attached hydrogens (tertiary/aromatic N) is 3. The van der Waals surface area contributed by atoms with E-state index in [0.29, 0.717) is 12.0 Å². The predicted molar refractivity (Wildman–Crippen MR) is 85.3 cm³/mol. The van der Waals surface area contributed by atoms with Crippen molar-refractivity contribution < 1.29 is 13.3 Å². The molecule has 0 fully saturated rings. The Labute approximate surface area is 141 Å². The van der Waals surface area contributed by atoms with Gasteiger partial charge in [0.25, 0.3) is 15.7 Å². The highest BCUT2D eigenvalue weighted by Gasteiger charge is 2.20. The second-order valence-corrected chi connectivity index (χ2v) is 6.72. The molecule has 0 aliphatic carbocycles. The van der Waals surface area contributed by atoms with E-state index in [0.717, 1.165) is 6.07 Å². The van der Waals surface area contributed by atoms with E-state index < -0.39 is 14.9 Å². The molecule has 0 radical (unpaired) electrons.